The van der Waals surface area contributed by atoms with Crippen molar-refractivity contribution in [1.82, 2.24) is 0 Å². The number of rotatable bonds is 4. The number of thiophene rings is 1. The number of hydrogen-bond donors (Lipinski definition) is 0. The van der Waals surface area contributed by atoms with E-state index in [1.54, 1.807) is 0 Å². The van der Waals surface area contributed by atoms with Gasteiger partial charge in [-0.2, -0.15) is 0 Å². The topological polar surface area (TPSA) is 43.4 Å². The molecule has 0 amide bonds. The van der Waals surface area contributed by atoms with Gasteiger partial charge in [0.25, 0.3) is 0 Å². The van der Waals surface area contributed by atoms with Crippen LogP contribution in [-0.4, -0.2) is 18.4 Å². The smallest absolute Gasteiger partial charge is 0.348 e. The van der Waals surface area contributed by atoms with Gasteiger partial charge in [0, 0.05) is 4.47 Å². The normalized spacial score (nSPS) is 10.5. The molecular weight excluding hydrogens is 434 g/mol. The predicted octanol–water partition coefficient (Wildman–Crippen LogP) is 4.59. The number of carbonyl (C=O) groups excluding carboxylic acids is 2. The number of benzene rings is 1. The lowest BCUT2D eigenvalue weighted by atomic mass is 10.1. The monoisotopic (exact) mass is 438 g/mol. The van der Waals surface area contributed by atoms with Crippen LogP contribution in [0.25, 0.3) is 0 Å². The van der Waals surface area contributed by atoms with E-state index >= 15 is 0 Å². The number of esters is 1. The number of Topliss-reactive ketones (excluding diaryl/α,β-unsaturated/α-hetero) is 1. The van der Waals surface area contributed by atoms with E-state index in [4.69, 9.17) is 4.74 Å². The van der Waals surface area contributed by atoms with Crippen molar-refractivity contribution in [3.63, 3.8) is 0 Å². The summed E-state index contributed by atoms with van der Waals surface area (Å²) in [6, 6.07) is 4.05. The fourth-order valence-corrected chi connectivity index (χ4v) is 3.37. The second-order valence-corrected chi connectivity index (χ2v) is 7.08. The molecule has 0 N–H and O–H groups in total. The van der Waals surface area contributed by atoms with Crippen molar-refractivity contribution in [1.29, 1.82) is 0 Å². The lowest BCUT2D eigenvalue weighted by Gasteiger charge is -2.04. The van der Waals surface area contributed by atoms with Crippen molar-refractivity contribution in [3.05, 3.63) is 54.6 Å². The van der Waals surface area contributed by atoms with Gasteiger partial charge in [0.05, 0.1) is 9.35 Å². The summed E-state index contributed by atoms with van der Waals surface area (Å²) in [6.07, 6.45) is 0. The summed E-state index contributed by atoms with van der Waals surface area (Å²) in [5, 5.41) is 0. The Hall–Kier alpha value is -1.12. The molecule has 1 aromatic carbocycles. The minimum atomic E-state index is -0.862. The molecule has 0 aliphatic rings. The molecule has 0 aliphatic carbocycles. The first-order valence-electron chi connectivity index (χ1n) is 5.48. The minimum absolute atomic E-state index is 0.279. The molecule has 3 nitrogen and oxygen atoms in total. The highest BCUT2D eigenvalue weighted by atomic mass is 79.9. The fourth-order valence-electron chi connectivity index (χ4n) is 1.44. The van der Waals surface area contributed by atoms with Crippen LogP contribution in [0.3, 0.4) is 0 Å². The average Bonchev–Trinajstić information content (AvgIpc) is 2.78. The molecule has 2 aromatic rings. The van der Waals surface area contributed by atoms with Gasteiger partial charge in [-0.05, 0) is 56.1 Å². The van der Waals surface area contributed by atoms with Gasteiger partial charge in [-0.25, -0.2) is 13.6 Å². The van der Waals surface area contributed by atoms with E-state index in [2.05, 4.69) is 31.9 Å². The molecule has 1 heterocycles. The van der Waals surface area contributed by atoms with E-state index in [9.17, 15) is 18.4 Å². The second kappa shape index (κ2) is 6.76. The molecule has 0 radical (unpaired) electrons. The maximum absolute atomic E-state index is 13.4. The highest BCUT2D eigenvalue weighted by Crippen LogP contribution is 2.32. The molecule has 0 saturated carbocycles. The number of ketones is 1. The molecule has 8 heteroatoms. The summed E-state index contributed by atoms with van der Waals surface area (Å²) >= 11 is 7.57. The average molecular weight is 440 g/mol. The van der Waals surface area contributed by atoms with Gasteiger partial charge >= 0.3 is 5.97 Å². The predicted molar refractivity (Wildman–Crippen MR) is 80.7 cm³/mol. The molecule has 21 heavy (non-hydrogen) atoms. The molecule has 0 atom stereocenters. The first-order chi connectivity index (χ1) is 9.88. The Morgan fingerprint density at radius 3 is 2.52 bits per heavy atom. The minimum Gasteiger partial charge on any atom is -0.453 e. The Morgan fingerprint density at radius 2 is 1.90 bits per heavy atom. The third-order valence-electron chi connectivity index (χ3n) is 2.41. The van der Waals surface area contributed by atoms with Gasteiger partial charge in [0.2, 0.25) is 5.78 Å². The molecule has 2 rings (SSSR count). The van der Waals surface area contributed by atoms with Crippen molar-refractivity contribution in [3.8, 4) is 0 Å². The second-order valence-electron chi connectivity index (χ2n) is 3.86. The van der Waals surface area contributed by atoms with Crippen LogP contribution in [0.5, 0.6) is 0 Å². The van der Waals surface area contributed by atoms with Crippen molar-refractivity contribution in [2.45, 2.75) is 0 Å². The third-order valence-corrected chi connectivity index (χ3v) is 5.65. The molecule has 0 bridgehead atoms. The Labute approximate surface area is 139 Å². The summed E-state index contributed by atoms with van der Waals surface area (Å²) in [6.45, 7) is -0.660. The van der Waals surface area contributed by atoms with Gasteiger partial charge in [-0.15, -0.1) is 11.3 Å². The van der Waals surface area contributed by atoms with Crippen LogP contribution in [0, 0.1) is 11.6 Å². The van der Waals surface area contributed by atoms with Crippen LogP contribution < -0.4 is 0 Å². The number of ether oxygens (including phenoxy) is 1. The van der Waals surface area contributed by atoms with Crippen LogP contribution in [0.15, 0.2) is 32.5 Å². The Balaban J connectivity index is 2.04. The maximum Gasteiger partial charge on any atom is 0.348 e. The first kappa shape index (κ1) is 16.3. The molecule has 0 aliphatic heterocycles. The number of hydrogen-bond acceptors (Lipinski definition) is 4. The van der Waals surface area contributed by atoms with Gasteiger partial charge in [0.1, 0.15) is 16.5 Å². The number of halogens is 4. The quantitative estimate of drug-likeness (QED) is 0.516. The Morgan fingerprint density at radius 1 is 1.19 bits per heavy atom. The van der Waals surface area contributed by atoms with E-state index in [-0.39, 0.29) is 4.88 Å². The van der Waals surface area contributed by atoms with E-state index < -0.39 is 35.6 Å². The first-order valence-corrected chi connectivity index (χ1v) is 7.89. The zero-order chi connectivity index (χ0) is 15.6. The van der Waals surface area contributed by atoms with E-state index in [1.807, 2.05) is 0 Å². The Kier molecular flexibility index (Phi) is 5.23. The van der Waals surface area contributed by atoms with Crippen LogP contribution in [-0.2, 0) is 4.74 Å². The van der Waals surface area contributed by atoms with Gasteiger partial charge in [-0.1, -0.05) is 0 Å². The molecule has 0 fully saturated rings. The fraction of sp³-hybridized carbons (Fsp3) is 0.0769. The van der Waals surface area contributed by atoms with E-state index in [0.717, 1.165) is 29.5 Å². The van der Waals surface area contributed by atoms with Gasteiger partial charge in [0.15, 0.2) is 6.61 Å². The van der Waals surface area contributed by atoms with Gasteiger partial charge < -0.3 is 4.74 Å². The summed E-state index contributed by atoms with van der Waals surface area (Å²) in [5.41, 5.74) is -0.448. The van der Waals surface area contributed by atoms with Crippen molar-refractivity contribution >= 4 is 54.9 Å². The van der Waals surface area contributed by atoms with Crippen LogP contribution in [0.4, 0.5) is 8.78 Å². The Bertz CT molecular complexity index is 696. The zero-order valence-electron chi connectivity index (χ0n) is 10.2. The molecule has 1 aromatic heterocycles. The SMILES string of the molecule is O=C(OCC(=O)c1cc(F)ccc1F)c1cc(Br)c(Br)s1. The molecule has 0 saturated heterocycles. The van der Waals surface area contributed by atoms with E-state index in [0.29, 0.717) is 8.26 Å². The van der Waals surface area contributed by atoms with Crippen molar-refractivity contribution in [2.24, 2.45) is 0 Å². The highest BCUT2D eigenvalue weighted by Gasteiger charge is 2.18. The zero-order valence-corrected chi connectivity index (χ0v) is 14.1. The standard InChI is InChI=1S/C13H6Br2F2O3S/c14-8-4-11(21-12(8)15)13(19)20-5-10(18)7-3-6(16)1-2-9(7)17/h1-4H,5H2. The summed E-state index contributed by atoms with van der Waals surface area (Å²) in [5.74, 6) is -3.12. The van der Waals surface area contributed by atoms with Crippen molar-refractivity contribution < 1.29 is 23.1 Å². The van der Waals surface area contributed by atoms with Crippen LogP contribution in [0.2, 0.25) is 0 Å². The third kappa shape index (κ3) is 3.96. The lowest BCUT2D eigenvalue weighted by Crippen LogP contribution is -2.15. The van der Waals surface area contributed by atoms with Crippen LogP contribution >= 0.6 is 43.2 Å². The molecule has 0 unspecified atom stereocenters. The highest BCUT2D eigenvalue weighted by molar-refractivity contribution is 9.13. The number of carbonyl (C=O) groups is 2. The molecular formula is C13H6Br2F2O3S. The summed E-state index contributed by atoms with van der Waals surface area (Å²) in [4.78, 5) is 23.7. The van der Waals surface area contributed by atoms with Crippen molar-refractivity contribution in [2.75, 3.05) is 6.61 Å². The molecule has 0 spiro atoms. The van der Waals surface area contributed by atoms with Crippen LogP contribution in [0.1, 0.15) is 20.0 Å². The summed E-state index contributed by atoms with van der Waals surface area (Å²) < 4.78 is 32.6. The largest absolute Gasteiger partial charge is 0.453 e. The van der Waals surface area contributed by atoms with E-state index in [1.165, 1.54) is 6.07 Å². The summed E-state index contributed by atoms with van der Waals surface area (Å²) in [7, 11) is 0. The van der Waals surface area contributed by atoms with Gasteiger partial charge in [-0.3, -0.25) is 4.79 Å². The lowest BCUT2D eigenvalue weighted by molar-refractivity contribution is 0.0478. The molecule has 110 valence electrons. The maximum atomic E-state index is 13.4.